The molecule has 0 spiro atoms. The molecule has 1 aliphatic rings. The SMILES string of the molecule is COC(=O)C=CC1(OCCCCCCCCOC(=O)c2ccc(OC)cc2)C=CC(OC(=O)c2ccc(OC)cc2)=C(OC)C1. The van der Waals surface area contributed by atoms with Crippen molar-refractivity contribution in [2.24, 2.45) is 0 Å². The molecule has 2 aromatic carbocycles. The first-order valence-corrected chi connectivity index (χ1v) is 14.9. The number of methoxy groups -OCH3 is 4. The van der Waals surface area contributed by atoms with Crippen LogP contribution in [0.25, 0.3) is 0 Å². The molecule has 0 radical (unpaired) electrons. The van der Waals surface area contributed by atoms with Crippen LogP contribution in [-0.4, -0.2) is 65.2 Å². The van der Waals surface area contributed by atoms with Crippen LogP contribution in [0.1, 0.15) is 65.7 Å². The van der Waals surface area contributed by atoms with E-state index in [0.29, 0.717) is 41.6 Å². The lowest BCUT2D eigenvalue weighted by Gasteiger charge is -2.32. The summed E-state index contributed by atoms with van der Waals surface area (Å²) in [6.07, 6.45) is 12.0. The zero-order valence-corrected chi connectivity index (χ0v) is 26.4. The molecule has 10 heteroatoms. The van der Waals surface area contributed by atoms with E-state index in [4.69, 9.17) is 33.2 Å². The molecule has 45 heavy (non-hydrogen) atoms. The maximum Gasteiger partial charge on any atom is 0.343 e. The lowest BCUT2D eigenvalue weighted by Crippen LogP contribution is -2.32. The Kier molecular flexibility index (Phi) is 14.2. The Balaban J connectivity index is 1.44. The van der Waals surface area contributed by atoms with Crippen LogP contribution in [0.15, 0.2) is 84.4 Å². The van der Waals surface area contributed by atoms with Crippen LogP contribution in [0, 0.1) is 0 Å². The van der Waals surface area contributed by atoms with Gasteiger partial charge in [-0.15, -0.1) is 0 Å². The Hall–Kier alpha value is -4.57. The van der Waals surface area contributed by atoms with Crippen molar-refractivity contribution in [2.45, 2.75) is 50.5 Å². The smallest absolute Gasteiger partial charge is 0.343 e. The molecule has 2 aromatic rings. The summed E-state index contributed by atoms with van der Waals surface area (Å²) in [6.45, 7) is 0.815. The number of benzene rings is 2. The molecule has 242 valence electrons. The van der Waals surface area contributed by atoms with Gasteiger partial charge in [0.05, 0.1) is 46.2 Å². The molecule has 0 aliphatic heterocycles. The number of esters is 3. The fraction of sp³-hybridized carbons (Fsp3) is 0.400. The van der Waals surface area contributed by atoms with E-state index >= 15 is 0 Å². The third-order valence-electron chi connectivity index (χ3n) is 7.17. The molecule has 0 amide bonds. The minimum atomic E-state index is -0.983. The van der Waals surface area contributed by atoms with E-state index in [0.717, 1.165) is 38.5 Å². The van der Waals surface area contributed by atoms with Crippen LogP contribution in [0.3, 0.4) is 0 Å². The minimum Gasteiger partial charge on any atom is -0.497 e. The van der Waals surface area contributed by atoms with Gasteiger partial charge in [0.1, 0.15) is 22.9 Å². The van der Waals surface area contributed by atoms with Gasteiger partial charge in [0.2, 0.25) is 0 Å². The van der Waals surface area contributed by atoms with E-state index in [1.165, 1.54) is 20.3 Å². The van der Waals surface area contributed by atoms with Gasteiger partial charge in [-0.25, -0.2) is 14.4 Å². The molecule has 0 N–H and O–H groups in total. The number of allylic oxidation sites excluding steroid dienone is 1. The second kappa shape index (κ2) is 18.3. The van der Waals surface area contributed by atoms with Crippen molar-refractivity contribution < 1.29 is 47.5 Å². The third-order valence-corrected chi connectivity index (χ3v) is 7.17. The summed E-state index contributed by atoms with van der Waals surface area (Å²) >= 11 is 0. The second-order valence-electron chi connectivity index (χ2n) is 10.3. The average Bonchev–Trinajstić information content (AvgIpc) is 3.08. The molecule has 0 saturated heterocycles. The Morgan fingerprint density at radius 1 is 0.711 bits per heavy atom. The molecule has 0 bridgehead atoms. The molecule has 0 aromatic heterocycles. The number of rotatable bonds is 18. The van der Waals surface area contributed by atoms with Gasteiger partial charge < -0.3 is 33.2 Å². The average molecular weight is 623 g/mol. The van der Waals surface area contributed by atoms with Crippen LogP contribution in [0.4, 0.5) is 0 Å². The van der Waals surface area contributed by atoms with Gasteiger partial charge in [0, 0.05) is 19.1 Å². The van der Waals surface area contributed by atoms with E-state index in [9.17, 15) is 14.4 Å². The van der Waals surface area contributed by atoms with Crippen LogP contribution in [0.2, 0.25) is 0 Å². The Bertz CT molecular complexity index is 1340. The van der Waals surface area contributed by atoms with E-state index in [1.54, 1.807) is 81.0 Å². The maximum atomic E-state index is 12.7. The van der Waals surface area contributed by atoms with Crippen LogP contribution in [0.5, 0.6) is 11.5 Å². The van der Waals surface area contributed by atoms with Gasteiger partial charge in [-0.05, 0) is 79.6 Å². The van der Waals surface area contributed by atoms with E-state index in [2.05, 4.69) is 0 Å². The molecular formula is C35H42O10. The van der Waals surface area contributed by atoms with Gasteiger partial charge in [-0.1, -0.05) is 25.7 Å². The highest BCUT2D eigenvalue weighted by molar-refractivity contribution is 5.90. The van der Waals surface area contributed by atoms with Crippen molar-refractivity contribution in [3.05, 3.63) is 95.5 Å². The highest BCUT2D eigenvalue weighted by Gasteiger charge is 2.33. The molecule has 1 aliphatic carbocycles. The van der Waals surface area contributed by atoms with Gasteiger partial charge in [-0.2, -0.15) is 0 Å². The predicted octanol–water partition coefficient (Wildman–Crippen LogP) is 6.36. The van der Waals surface area contributed by atoms with Crippen molar-refractivity contribution in [3.63, 3.8) is 0 Å². The summed E-state index contributed by atoms with van der Waals surface area (Å²) < 4.78 is 37.8. The van der Waals surface area contributed by atoms with Crippen molar-refractivity contribution in [2.75, 3.05) is 41.7 Å². The van der Waals surface area contributed by atoms with Gasteiger partial charge >= 0.3 is 17.9 Å². The third kappa shape index (κ3) is 11.1. The summed E-state index contributed by atoms with van der Waals surface area (Å²) in [6, 6.07) is 13.4. The largest absolute Gasteiger partial charge is 0.497 e. The van der Waals surface area contributed by atoms with Crippen molar-refractivity contribution in [3.8, 4) is 11.5 Å². The van der Waals surface area contributed by atoms with E-state index in [-0.39, 0.29) is 18.1 Å². The number of ether oxygens (including phenoxy) is 7. The first kappa shape index (κ1) is 34.9. The van der Waals surface area contributed by atoms with Crippen LogP contribution < -0.4 is 9.47 Å². The number of carbonyl (C=O) groups is 3. The summed E-state index contributed by atoms with van der Waals surface area (Å²) in [5.74, 6) is 0.594. The fourth-order valence-corrected chi connectivity index (χ4v) is 4.54. The Morgan fingerprint density at radius 3 is 1.82 bits per heavy atom. The predicted molar refractivity (Wildman–Crippen MR) is 167 cm³/mol. The van der Waals surface area contributed by atoms with E-state index in [1.807, 2.05) is 0 Å². The van der Waals surface area contributed by atoms with Gasteiger partial charge in [-0.3, -0.25) is 0 Å². The lowest BCUT2D eigenvalue weighted by atomic mass is 9.92. The Morgan fingerprint density at radius 2 is 1.27 bits per heavy atom. The fourth-order valence-electron chi connectivity index (χ4n) is 4.54. The number of carbonyl (C=O) groups excluding carboxylic acids is 3. The molecular weight excluding hydrogens is 580 g/mol. The normalized spacial score (nSPS) is 15.9. The van der Waals surface area contributed by atoms with Crippen molar-refractivity contribution in [1.82, 2.24) is 0 Å². The van der Waals surface area contributed by atoms with Crippen LogP contribution >= 0.6 is 0 Å². The van der Waals surface area contributed by atoms with Gasteiger partial charge in [0.15, 0.2) is 5.76 Å². The first-order valence-electron chi connectivity index (χ1n) is 14.9. The summed E-state index contributed by atoms with van der Waals surface area (Å²) in [5, 5.41) is 0. The summed E-state index contributed by atoms with van der Waals surface area (Å²) in [5.41, 5.74) is -0.120. The highest BCUT2D eigenvalue weighted by atomic mass is 16.6. The topological polar surface area (TPSA) is 116 Å². The summed E-state index contributed by atoms with van der Waals surface area (Å²) in [4.78, 5) is 36.8. The quantitative estimate of drug-likeness (QED) is 0.0805. The zero-order chi connectivity index (χ0) is 32.5. The lowest BCUT2D eigenvalue weighted by molar-refractivity contribution is -0.135. The number of hydrogen-bond acceptors (Lipinski definition) is 10. The molecule has 1 atom stereocenters. The Labute approximate surface area is 264 Å². The standard InChI is InChI=1S/C35H42O10/c1-39-28-15-11-26(12-16-28)33(37)43-23-9-7-5-6-8-10-24-44-35(22-20-32(36)42-4)21-19-30(31(25-35)41-3)45-34(38)27-13-17-29(40-2)18-14-27/h11-22H,5-10,23-25H2,1-4H3. The summed E-state index contributed by atoms with van der Waals surface area (Å²) in [7, 11) is 5.92. The molecule has 0 saturated carbocycles. The highest BCUT2D eigenvalue weighted by Crippen LogP contribution is 2.33. The number of unbranched alkanes of at least 4 members (excludes halogenated alkanes) is 5. The second-order valence-corrected chi connectivity index (χ2v) is 10.3. The van der Waals surface area contributed by atoms with E-state index < -0.39 is 17.5 Å². The maximum absolute atomic E-state index is 12.7. The molecule has 10 nitrogen and oxygen atoms in total. The molecule has 0 fully saturated rings. The number of hydrogen-bond donors (Lipinski definition) is 0. The zero-order valence-electron chi connectivity index (χ0n) is 26.4. The van der Waals surface area contributed by atoms with Gasteiger partial charge in [0.25, 0.3) is 0 Å². The molecule has 0 heterocycles. The monoisotopic (exact) mass is 622 g/mol. The first-order chi connectivity index (χ1) is 21.8. The molecule has 3 rings (SSSR count). The minimum absolute atomic E-state index is 0.216. The van der Waals surface area contributed by atoms with Crippen molar-refractivity contribution in [1.29, 1.82) is 0 Å². The van der Waals surface area contributed by atoms with Crippen LogP contribution in [-0.2, 0) is 28.5 Å². The molecule has 1 unspecified atom stereocenters. The van der Waals surface area contributed by atoms with Crippen molar-refractivity contribution >= 4 is 17.9 Å².